The van der Waals surface area contributed by atoms with E-state index in [0.29, 0.717) is 43.0 Å². The molecule has 0 aromatic carbocycles. The van der Waals surface area contributed by atoms with Crippen molar-refractivity contribution in [3.63, 3.8) is 0 Å². The Labute approximate surface area is 171 Å². The smallest absolute Gasteiger partial charge is 0.336 e. The first-order valence-electron chi connectivity index (χ1n) is 10.1. The third kappa shape index (κ3) is 4.62. The van der Waals surface area contributed by atoms with E-state index in [1.165, 1.54) is 0 Å². The number of pyridine rings is 1. The molecule has 3 rings (SSSR count). The van der Waals surface area contributed by atoms with Crippen LogP contribution in [-0.4, -0.2) is 48.8 Å². The Morgan fingerprint density at radius 3 is 2.72 bits per heavy atom. The van der Waals surface area contributed by atoms with Crippen molar-refractivity contribution < 1.29 is 19.1 Å². The first-order valence-corrected chi connectivity index (χ1v) is 10.1. The molecule has 1 fully saturated rings. The minimum absolute atomic E-state index is 0.0828. The minimum Gasteiger partial charge on any atom is -0.463 e. The van der Waals surface area contributed by atoms with Crippen LogP contribution in [0.1, 0.15) is 45.2 Å². The van der Waals surface area contributed by atoms with Gasteiger partial charge < -0.3 is 15.2 Å². The molecule has 29 heavy (non-hydrogen) atoms. The molecule has 156 valence electrons. The van der Waals surface area contributed by atoms with Gasteiger partial charge in [-0.05, 0) is 30.9 Å². The Morgan fingerprint density at radius 2 is 2.07 bits per heavy atom. The molecule has 1 aromatic rings. The molecule has 2 heterocycles. The maximum absolute atomic E-state index is 13.2. The molecule has 1 aliphatic heterocycles. The number of hydrogen-bond donors (Lipinski definition) is 1. The average molecular weight is 399 g/mol. The molecule has 2 atom stereocenters. The van der Waals surface area contributed by atoms with Gasteiger partial charge in [0.25, 0.3) is 0 Å². The van der Waals surface area contributed by atoms with Crippen molar-refractivity contribution in [3.8, 4) is 0 Å². The summed E-state index contributed by atoms with van der Waals surface area (Å²) in [4.78, 5) is 35.4. The highest BCUT2D eigenvalue weighted by Crippen LogP contribution is 2.46. The number of carbonyl (C=O) groups excluding carboxylic acids is 2. The van der Waals surface area contributed by atoms with Crippen LogP contribution in [0.25, 0.3) is 0 Å². The van der Waals surface area contributed by atoms with Gasteiger partial charge in [-0.3, -0.25) is 14.8 Å². The Balaban J connectivity index is 2.15. The van der Waals surface area contributed by atoms with E-state index in [4.69, 9.17) is 20.2 Å². The van der Waals surface area contributed by atoms with Gasteiger partial charge in [0.05, 0.1) is 42.9 Å². The lowest BCUT2D eigenvalue weighted by Crippen LogP contribution is -2.44. The number of aromatic nitrogens is 1. The Morgan fingerprint density at radius 1 is 1.28 bits per heavy atom. The summed E-state index contributed by atoms with van der Waals surface area (Å²) < 4.78 is 11.0. The van der Waals surface area contributed by atoms with Crippen LogP contribution in [0.2, 0.25) is 0 Å². The third-order valence-electron chi connectivity index (χ3n) is 5.25. The van der Waals surface area contributed by atoms with Gasteiger partial charge in [-0.15, -0.1) is 0 Å². The second-order valence-corrected chi connectivity index (χ2v) is 8.22. The number of carbonyl (C=O) groups is 2. The molecule has 0 bridgehead atoms. The van der Waals surface area contributed by atoms with Crippen molar-refractivity contribution in [2.45, 2.75) is 39.5 Å². The number of hydrogen-bond acceptors (Lipinski definition) is 7. The Bertz CT molecular complexity index is 830. The normalized spacial score (nSPS) is 23.4. The molecule has 2 N–H and O–H groups in total. The van der Waals surface area contributed by atoms with Crippen LogP contribution in [0.5, 0.6) is 0 Å². The highest BCUT2D eigenvalue weighted by Gasteiger charge is 2.48. The summed E-state index contributed by atoms with van der Waals surface area (Å²) in [6.45, 7) is 6.98. The second kappa shape index (κ2) is 8.97. The molecule has 1 saturated carbocycles. The fraction of sp³-hybridized carbons (Fsp3) is 0.545. The molecule has 2 aliphatic rings. The predicted octanol–water partition coefficient (Wildman–Crippen LogP) is 2.42. The zero-order valence-corrected chi connectivity index (χ0v) is 17.3. The van der Waals surface area contributed by atoms with Crippen LogP contribution >= 0.6 is 0 Å². The summed E-state index contributed by atoms with van der Waals surface area (Å²) in [5.74, 6) is -1.42. The van der Waals surface area contributed by atoms with Crippen LogP contribution in [0, 0.1) is 11.3 Å². The molecule has 7 nitrogen and oxygen atoms in total. The summed E-state index contributed by atoms with van der Waals surface area (Å²) in [6, 6.07) is 5.52. The number of esters is 1. The van der Waals surface area contributed by atoms with E-state index in [1.54, 1.807) is 13.1 Å². The van der Waals surface area contributed by atoms with Crippen molar-refractivity contribution in [1.82, 2.24) is 4.98 Å². The molecular weight excluding hydrogens is 370 g/mol. The van der Waals surface area contributed by atoms with E-state index in [1.807, 2.05) is 18.2 Å². The maximum Gasteiger partial charge on any atom is 0.336 e. The fourth-order valence-corrected chi connectivity index (χ4v) is 4.19. The van der Waals surface area contributed by atoms with Crippen molar-refractivity contribution in [1.29, 1.82) is 0 Å². The first-order chi connectivity index (χ1) is 13.9. The second-order valence-electron chi connectivity index (χ2n) is 8.22. The topological polar surface area (TPSA) is 104 Å². The summed E-state index contributed by atoms with van der Waals surface area (Å²) in [5, 5.41) is 0. The zero-order chi connectivity index (χ0) is 21.0. The largest absolute Gasteiger partial charge is 0.463 e. The monoisotopic (exact) mass is 399 g/mol. The van der Waals surface area contributed by atoms with Gasteiger partial charge >= 0.3 is 5.97 Å². The van der Waals surface area contributed by atoms with Crippen molar-refractivity contribution in [2.24, 2.45) is 22.1 Å². The van der Waals surface area contributed by atoms with Gasteiger partial charge in [0.2, 0.25) is 0 Å². The minimum atomic E-state index is -0.525. The number of ether oxygens (including phenoxy) is 2. The molecule has 2 unspecified atom stereocenters. The predicted molar refractivity (Wildman–Crippen MR) is 109 cm³/mol. The van der Waals surface area contributed by atoms with E-state index in [0.717, 1.165) is 5.71 Å². The fourth-order valence-electron chi connectivity index (χ4n) is 4.19. The number of ketones is 1. The first kappa shape index (κ1) is 21.3. The van der Waals surface area contributed by atoms with Gasteiger partial charge in [-0.25, -0.2) is 4.79 Å². The van der Waals surface area contributed by atoms with Gasteiger partial charge in [-0.2, -0.15) is 0 Å². The van der Waals surface area contributed by atoms with Crippen LogP contribution in [0.4, 0.5) is 0 Å². The number of aliphatic imine (C=N–C) groups is 1. The summed E-state index contributed by atoms with van der Waals surface area (Å²) >= 11 is 0. The van der Waals surface area contributed by atoms with Crippen LogP contribution in [0.3, 0.4) is 0 Å². The number of rotatable bonds is 7. The van der Waals surface area contributed by atoms with Crippen molar-refractivity contribution >= 4 is 17.5 Å². The molecule has 0 amide bonds. The lowest BCUT2D eigenvalue weighted by molar-refractivity contribution is -0.139. The van der Waals surface area contributed by atoms with E-state index in [2.05, 4.69) is 18.8 Å². The lowest BCUT2D eigenvalue weighted by atomic mass is 9.64. The summed E-state index contributed by atoms with van der Waals surface area (Å²) in [7, 11) is 0. The standard InChI is InChI=1S/C22H29N3O4/c1-4-29-21(27)20-16(13-28-10-8-23)25-15-11-22(2,3)12-17(26)18(15)19(20)14-7-5-6-9-24-14/h5-7,9,18-19H,4,8,10-13,23H2,1-3H3. The molecule has 1 aromatic heterocycles. The molecule has 7 heteroatoms. The highest BCUT2D eigenvalue weighted by atomic mass is 16.5. The van der Waals surface area contributed by atoms with E-state index < -0.39 is 17.8 Å². The number of nitrogens with zero attached hydrogens (tertiary/aromatic N) is 2. The Hall–Kier alpha value is -2.38. The van der Waals surface area contributed by atoms with Crippen LogP contribution in [-0.2, 0) is 19.1 Å². The van der Waals surface area contributed by atoms with Crippen LogP contribution < -0.4 is 5.73 Å². The molecular formula is C22H29N3O4. The van der Waals surface area contributed by atoms with E-state index >= 15 is 0 Å². The van der Waals surface area contributed by atoms with Crippen molar-refractivity contribution in [3.05, 3.63) is 41.4 Å². The lowest BCUT2D eigenvalue weighted by Gasteiger charge is -2.40. The molecule has 0 radical (unpaired) electrons. The number of fused-ring (bicyclic) bond motifs is 1. The molecule has 0 spiro atoms. The number of nitrogens with two attached hydrogens (primary N) is 1. The molecule has 0 saturated heterocycles. The average Bonchev–Trinajstić information content (AvgIpc) is 2.67. The highest BCUT2D eigenvalue weighted by molar-refractivity contribution is 6.12. The quantitative estimate of drug-likeness (QED) is 0.558. The van der Waals surface area contributed by atoms with E-state index in [-0.39, 0.29) is 24.4 Å². The summed E-state index contributed by atoms with van der Waals surface area (Å²) in [6.07, 6.45) is 2.80. The van der Waals surface area contributed by atoms with Crippen LogP contribution in [0.15, 0.2) is 40.7 Å². The summed E-state index contributed by atoms with van der Waals surface area (Å²) in [5.41, 5.74) is 7.69. The third-order valence-corrected chi connectivity index (χ3v) is 5.25. The molecule has 1 aliphatic carbocycles. The number of Topliss-reactive ketones (excluding diaryl/α,β-unsaturated/α-hetero) is 1. The van der Waals surface area contributed by atoms with E-state index in [9.17, 15) is 9.59 Å². The van der Waals surface area contributed by atoms with Gasteiger partial charge in [0, 0.05) is 30.6 Å². The van der Waals surface area contributed by atoms with Gasteiger partial charge in [0.15, 0.2) is 0 Å². The van der Waals surface area contributed by atoms with Crippen molar-refractivity contribution in [2.75, 3.05) is 26.4 Å². The SMILES string of the molecule is CCOC(=O)C1=C(COCCN)N=C2CC(C)(C)CC(=O)C2C1c1ccccn1. The van der Waals surface area contributed by atoms with Gasteiger partial charge in [-0.1, -0.05) is 19.9 Å². The van der Waals surface area contributed by atoms with Gasteiger partial charge in [0.1, 0.15) is 5.78 Å². The maximum atomic E-state index is 13.2. The Kier molecular flexibility index (Phi) is 6.59. The zero-order valence-electron chi connectivity index (χ0n) is 17.3.